The number of hydrogen-bond donors (Lipinski definition) is 2. The van der Waals surface area contributed by atoms with E-state index in [1.54, 1.807) is 0 Å². The molecule has 0 saturated carbocycles. The van der Waals surface area contributed by atoms with Crippen LogP contribution in [0.1, 0.15) is 12.8 Å². The van der Waals surface area contributed by atoms with Gasteiger partial charge in [0.05, 0.1) is 52.9 Å². The first kappa shape index (κ1) is 30.7. The number of carbonyl (C=O) groups excluding carboxylic acids is 1. The van der Waals surface area contributed by atoms with E-state index < -0.39 is 0 Å². The molecule has 1 aliphatic heterocycles. The molecule has 10 nitrogen and oxygen atoms in total. The number of nitrogens with one attached hydrogen (secondary N) is 1. The largest absolute Gasteiger partial charge is 0.395 e. The summed E-state index contributed by atoms with van der Waals surface area (Å²) in [6, 6.07) is 0. The van der Waals surface area contributed by atoms with Gasteiger partial charge in [0.1, 0.15) is 6.61 Å². The summed E-state index contributed by atoms with van der Waals surface area (Å²) in [6.45, 7) is 14.1. The minimum absolute atomic E-state index is 0.173. The van der Waals surface area contributed by atoms with E-state index in [0.29, 0.717) is 59.3 Å². The van der Waals surface area contributed by atoms with Crippen molar-refractivity contribution in [3.05, 3.63) is 0 Å². The second-order valence-corrected chi connectivity index (χ2v) is 8.12. The van der Waals surface area contributed by atoms with Crippen LogP contribution in [-0.4, -0.2) is 151 Å². The van der Waals surface area contributed by atoms with Crippen LogP contribution in [0.5, 0.6) is 0 Å². The van der Waals surface area contributed by atoms with E-state index in [-0.39, 0.29) is 6.61 Å². The zero-order valence-corrected chi connectivity index (χ0v) is 20.8. The Morgan fingerprint density at radius 3 is 1.97 bits per heavy atom. The molecule has 10 heteroatoms. The van der Waals surface area contributed by atoms with Crippen LogP contribution in [-0.2, 0) is 23.7 Å². The molecule has 0 aliphatic carbocycles. The molecule has 0 unspecified atom stereocenters. The highest BCUT2D eigenvalue weighted by molar-refractivity contribution is 5.45. The summed E-state index contributed by atoms with van der Waals surface area (Å²) in [5, 5.41) is 11.9. The second-order valence-electron chi connectivity index (χ2n) is 8.12. The van der Waals surface area contributed by atoms with Gasteiger partial charge in [-0.3, -0.25) is 9.69 Å². The standard InChI is InChI=1S/C24H46N4O6/c1-2-16-31-18-20-33-22-23-34-21-19-32-17-14-28-11-9-27(10-12-28)8-4-7-26(13-15-29)6-3-5-25-24-30/h1,24,29H,3-23H2,(H,25,30). The fraction of sp³-hybridized carbons (Fsp3) is 0.875. The van der Waals surface area contributed by atoms with Crippen molar-refractivity contribution >= 4 is 6.41 Å². The quantitative estimate of drug-likeness (QED) is 0.102. The average Bonchev–Trinajstić information content (AvgIpc) is 2.85. The van der Waals surface area contributed by atoms with Gasteiger partial charge in [-0.2, -0.15) is 0 Å². The summed E-state index contributed by atoms with van der Waals surface area (Å²) in [7, 11) is 0. The molecule has 1 saturated heterocycles. The Balaban J connectivity index is 1.91. The van der Waals surface area contributed by atoms with Crippen LogP contribution in [0.15, 0.2) is 0 Å². The summed E-state index contributed by atoms with van der Waals surface area (Å²) in [5.74, 6) is 2.41. The van der Waals surface area contributed by atoms with Crippen molar-refractivity contribution in [2.45, 2.75) is 12.8 Å². The van der Waals surface area contributed by atoms with Crippen molar-refractivity contribution in [3.8, 4) is 12.3 Å². The van der Waals surface area contributed by atoms with E-state index in [1.165, 1.54) is 0 Å². The SMILES string of the molecule is C#CCOCCOCCOCCOCCN1CCN(CCCN(CCO)CCCNC=O)CC1. The van der Waals surface area contributed by atoms with E-state index in [0.717, 1.165) is 78.2 Å². The van der Waals surface area contributed by atoms with E-state index in [1.807, 2.05) is 0 Å². The number of hydrogen-bond acceptors (Lipinski definition) is 9. The summed E-state index contributed by atoms with van der Waals surface area (Å²) in [6.07, 6.45) is 7.82. The fourth-order valence-corrected chi connectivity index (χ4v) is 3.68. The molecule has 0 aromatic heterocycles. The van der Waals surface area contributed by atoms with Gasteiger partial charge in [0.25, 0.3) is 0 Å². The smallest absolute Gasteiger partial charge is 0.207 e. The molecule has 0 aromatic carbocycles. The van der Waals surface area contributed by atoms with Gasteiger partial charge in [-0.25, -0.2) is 0 Å². The number of terminal acetylenes is 1. The van der Waals surface area contributed by atoms with Gasteiger partial charge in [0, 0.05) is 45.8 Å². The Bertz CT molecular complexity index is 500. The highest BCUT2D eigenvalue weighted by atomic mass is 16.6. The normalized spacial score (nSPS) is 15.0. The molecule has 198 valence electrons. The zero-order chi connectivity index (χ0) is 24.5. The lowest BCUT2D eigenvalue weighted by Gasteiger charge is -2.35. The third kappa shape index (κ3) is 18.1. The van der Waals surface area contributed by atoms with Crippen molar-refractivity contribution in [3.63, 3.8) is 0 Å². The van der Waals surface area contributed by atoms with Crippen molar-refractivity contribution in [2.24, 2.45) is 0 Å². The molecule has 1 amide bonds. The first-order valence-corrected chi connectivity index (χ1v) is 12.5. The van der Waals surface area contributed by atoms with Gasteiger partial charge in [0.15, 0.2) is 0 Å². The maximum atomic E-state index is 10.3. The minimum atomic E-state index is 0.173. The van der Waals surface area contributed by atoms with Crippen molar-refractivity contribution in [1.29, 1.82) is 0 Å². The molecule has 0 bridgehead atoms. The van der Waals surface area contributed by atoms with E-state index >= 15 is 0 Å². The number of amides is 1. The van der Waals surface area contributed by atoms with Gasteiger partial charge < -0.3 is 39.2 Å². The molecule has 34 heavy (non-hydrogen) atoms. The number of nitrogens with zero attached hydrogens (tertiary/aromatic N) is 3. The number of aliphatic hydroxyl groups excluding tert-OH is 1. The Labute approximate surface area is 205 Å². The van der Waals surface area contributed by atoms with Crippen LogP contribution >= 0.6 is 0 Å². The topological polar surface area (TPSA) is 96.0 Å². The van der Waals surface area contributed by atoms with Crippen LogP contribution in [0.25, 0.3) is 0 Å². The fourth-order valence-electron chi connectivity index (χ4n) is 3.68. The summed E-state index contributed by atoms with van der Waals surface area (Å²) in [4.78, 5) is 17.6. The van der Waals surface area contributed by atoms with Gasteiger partial charge in [-0.1, -0.05) is 5.92 Å². The summed E-state index contributed by atoms with van der Waals surface area (Å²) >= 11 is 0. The molecule has 1 rings (SSSR count). The Morgan fingerprint density at radius 2 is 1.38 bits per heavy atom. The first-order chi connectivity index (χ1) is 16.8. The van der Waals surface area contributed by atoms with Crippen molar-refractivity contribution in [2.75, 3.05) is 125 Å². The number of carbonyl (C=O) groups is 1. The monoisotopic (exact) mass is 486 g/mol. The molecule has 2 N–H and O–H groups in total. The van der Waals surface area contributed by atoms with Crippen LogP contribution in [0, 0.1) is 12.3 Å². The predicted octanol–water partition coefficient (Wildman–Crippen LogP) is -0.876. The van der Waals surface area contributed by atoms with E-state index in [9.17, 15) is 9.90 Å². The van der Waals surface area contributed by atoms with Gasteiger partial charge in [-0.15, -0.1) is 6.42 Å². The summed E-state index contributed by atoms with van der Waals surface area (Å²) < 4.78 is 21.7. The van der Waals surface area contributed by atoms with Crippen molar-refractivity contribution < 1.29 is 28.8 Å². The van der Waals surface area contributed by atoms with Crippen LogP contribution in [0.2, 0.25) is 0 Å². The van der Waals surface area contributed by atoms with E-state index in [4.69, 9.17) is 25.4 Å². The van der Waals surface area contributed by atoms with Gasteiger partial charge in [-0.05, 0) is 32.5 Å². The lowest BCUT2D eigenvalue weighted by Crippen LogP contribution is -2.47. The highest BCUT2D eigenvalue weighted by Crippen LogP contribution is 2.03. The molecule has 0 spiro atoms. The Kier molecular flexibility index (Phi) is 21.2. The molecular formula is C24H46N4O6. The second kappa shape index (κ2) is 23.5. The van der Waals surface area contributed by atoms with Crippen molar-refractivity contribution in [1.82, 2.24) is 20.0 Å². The molecule has 1 heterocycles. The lowest BCUT2D eigenvalue weighted by molar-refractivity contribution is -0.109. The number of ether oxygens (including phenoxy) is 4. The lowest BCUT2D eigenvalue weighted by atomic mass is 10.2. The maximum absolute atomic E-state index is 10.3. The van der Waals surface area contributed by atoms with Crippen LogP contribution in [0.4, 0.5) is 0 Å². The van der Waals surface area contributed by atoms with Gasteiger partial charge in [0.2, 0.25) is 6.41 Å². The predicted molar refractivity (Wildman–Crippen MR) is 132 cm³/mol. The molecule has 1 aliphatic rings. The Hall–Kier alpha value is -1.29. The average molecular weight is 487 g/mol. The summed E-state index contributed by atoms with van der Waals surface area (Å²) in [5.41, 5.74) is 0. The molecule has 1 fully saturated rings. The first-order valence-electron chi connectivity index (χ1n) is 12.5. The maximum Gasteiger partial charge on any atom is 0.207 e. The number of piperazine rings is 1. The number of aliphatic hydroxyl groups is 1. The van der Waals surface area contributed by atoms with E-state index in [2.05, 4.69) is 25.9 Å². The molecule has 0 radical (unpaired) electrons. The van der Waals surface area contributed by atoms with Crippen LogP contribution < -0.4 is 5.32 Å². The Morgan fingerprint density at radius 1 is 0.824 bits per heavy atom. The molecular weight excluding hydrogens is 440 g/mol. The third-order valence-corrected chi connectivity index (χ3v) is 5.56. The highest BCUT2D eigenvalue weighted by Gasteiger charge is 2.16. The van der Waals surface area contributed by atoms with Gasteiger partial charge >= 0.3 is 0 Å². The minimum Gasteiger partial charge on any atom is -0.395 e. The van der Waals surface area contributed by atoms with Crippen LogP contribution in [0.3, 0.4) is 0 Å². The molecule has 0 atom stereocenters. The zero-order valence-electron chi connectivity index (χ0n) is 20.8. The number of rotatable bonds is 24. The third-order valence-electron chi connectivity index (χ3n) is 5.56. The molecule has 0 aromatic rings.